The quantitative estimate of drug-likeness (QED) is 0.711. The molecule has 2 saturated heterocycles. The lowest BCUT2D eigenvalue weighted by molar-refractivity contribution is -0.123. The number of hydrogen-bond donors (Lipinski definition) is 0. The van der Waals surface area contributed by atoms with Crippen molar-refractivity contribution in [3.63, 3.8) is 0 Å². The van der Waals surface area contributed by atoms with Crippen molar-refractivity contribution in [2.45, 2.75) is 18.5 Å². The van der Waals surface area contributed by atoms with E-state index >= 15 is 0 Å². The maximum absolute atomic E-state index is 12.9. The van der Waals surface area contributed by atoms with Gasteiger partial charge >= 0.3 is 0 Å². The summed E-state index contributed by atoms with van der Waals surface area (Å²) < 4.78 is 25.6. The van der Waals surface area contributed by atoms with Crippen molar-refractivity contribution in [3.05, 3.63) is 51.1 Å². The third-order valence-electron chi connectivity index (χ3n) is 5.03. The fraction of sp³-hybridized carbons (Fsp3) is 0.389. The predicted molar refractivity (Wildman–Crippen MR) is 107 cm³/mol. The molecular weight excluding hydrogens is 436 g/mol. The number of sulfone groups is 1. The van der Waals surface area contributed by atoms with Crippen molar-refractivity contribution in [1.29, 1.82) is 0 Å². The lowest BCUT2D eigenvalue weighted by Gasteiger charge is -2.43. The zero-order chi connectivity index (χ0) is 18.3. The summed E-state index contributed by atoms with van der Waals surface area (Å²) in [4.78, 5) is 17.9. The first-order chi connectivity index (χ1) is 12.4. The lowest BCUT2D eigenvalue weighted by Crippen LogP contribution is -2.62. The molecule has 5 nitrogen and oxygen atoms in total. The monoisotopic (exact) mass is 454 g/mol. The van der Waals surface area contributed by atoms with Gasteiger partial charge in [0.05, 0.1) is 24.1 Å². The van der Waals surface area contributed by atoms with E-state index in [1.54, 1.807) is 16.2 Å². The maximum Gasteiger partial charge on any atom is 0.241 e. The largest absolute Gasteiger partial charge is 0.306 e. The molecule has 2 fully saturated rings. The smallest absolute Gasteiger partial charge is 0.241 e. The number of fused-ring (bicyclic) bond motifs is 1. The standard InChI is InChI=1S/C18H19BrN2O3S2/c19-13-3-5-14(6-4-13)21-17-12-26(23,24)11-16(17)20(10-18(21)22)8-7-15-2-1-9-25-15/h1-6,9,16-17H,7-8,10-12H2/t16-,17+/m0/s1. The summed E-state index contributed by atoms with van der Waals surface area (Å²) in [6.45, 7) is 0.968. The van der Waals surface area contributed by atoms with Gasteiger partial charge in [0.1, 0.15) is 0 Å². The van der Waals surface area contributed by atoms with E-state index in [0.29, 0.717) is 6.54 Å². The summed E-state index contributed by atoms with van der Waals surface area (Å²) in [7, 11) is -3.15. The second-order valence-electron chi connectivity index (χ2n) is 6.75. The molecule has 0 aliphatic carbocycles. The molecule has 2 aliphatic heterocycles. The van der Waals surface area contributed by atoms with E-state index in [0.717, 1.165) is 16.6 Å². The SMILES string of the molecule is O=C1CN(CCc2cccs2)[C@H]2CS(=O)(=O)C[C@H]2N1c1ccc(Br)cc1. The number of nitrogens with zero attached hydrogens (tertiary/aromatic N) is 2. The maximum atomic E-state index is 12.9. The van der Waals surface area contributed by atoms with Crippen molar-refractivity contribution >= 4 is 48.7 Å². The number of carbonyl (C=O) groups is 1. The van der Waals surface area contributed by atoms with Crippen LogP contribution in [0.1, 0.15) is 4.88 Å². The first kappa shape index (κ1) is 18.2. The summed E-state index contributed by atoms with van der Waals surface area (Å²) >= 11 is 5.09. The normalized spacial score (nSPS) is 25.4. The molecule has 2 aliphatic rings. The van der Waals surface area contributed by atoms with Crippen LogP contribution in [0.15, 0.2) is 46.3 Å². The molecular formula is C18H19BrN2O3S2. The number of piperazine rings is 1. The molecule has 0 bridgehead atoms. The van der Waals surface area contributed by atoms with E-state index in [-0.39, 0.29) is 36.0 Å². The Bertz CT molecular complexity index is 897. The molecule has 26 heavy (non-hydrogen) atoms. The van der Waals surface area contributed by atoms with Crippen molar-refractivity contribution in [2.24, 2.45) is 0 Å². The molecule has 0 saturated carbocycles. The summed E-state index contributed by atoms with van der Waals surface area (Å²) in [5, 5.41) is 2.04. The molecule has 2 aromatic rings. The number of thiophene rings is 1. The molecule has 8 heteroatoms. The highest BCUT2D eigenvalue weighted by Gasteiger charge is 2.49. The summed E-state index contributed by atoms with van der Waals surface area (Å²) in [5.74, 6) is 0.133. The van der Waals surface area contributed by atoms with E-state index in [2.05, 4.69) is 26.9 Å². The summed E-state index contributed by atoms with van der Waals surface area (Å²) in [6.07, 6.45) is 0.840. The number of rotatable bonds is 4. The van der Waals surface area contributed by atoms with Crippen LogP contribution in [0.4, 0.5) is 5.69 Å². The molecule has 0 N–H and O–H groups in total. The molecule has 3 heterocycles. The third kappa shape index (κ3) is 3.60. The van der Waals surface area contributed by atoms with Crippen LogP contribution < -0.4 is 4.90 Å². The summed E-state index contributed by atoms with van der Waals surface area (Å²) in [6, 6.07) is 11.1. The third-order valence-corrected chi connectivity index (χ3v) is 8.20. The van der Waals surface area contributed by atoms with Crippen LogP contribution in [0.3, 0.4) is 0 Å². The second-order valence-corrected chi connectivity index (χ2v) is 10.9. The number of carbonyl (C=O) groups excluding carboxylic acids is 1. The highest BCUT2D eigenvalue weighted by Crippen LogP contribution is 2.32. The first-order valence-corrected chi connectivity index (χ1v) is 12.0. The summed E-state index contributed by atoms with van der Waals surface area (Å²) in [5.41, 5.74) is 0.767. The van der Waals surface area contributed by atoms with Crippen LogP contribution in [0, 0.1) is 0 Å². The second kappa shape index (κ2) is 7.07. The lowest BCUT2D eigenvalue weighted by atomic mass is 10.0. The average Bonchev–Trinajstić information content (AvgIpc) is 3.20. The van der Waals surface area contributed by atoms with E-state index < -0.39 is 9.84 Å². The fourth-order valence-electron chi connectivity index (χ4n) is 3.85. The molecule has 1 aromatic carbocycles. The minimum absolute atomic E-state index is 0.0307. The molecule has 138 valence electrons. The number of anilines is 1. The number of benzene rings is 1. The van der Waals surface area contributed by atoms with Gasteiger partial charge in [0.15, 0.2) is 9.84 Å². The number of amides is 1. The Morgan fingerprint density at radius 2 is 1.85 bits per heavy atom. The van der Waals surface area contributed by atoms with Gasteiger partial charge in [-0.25, -0.2) is 8.42 Å². The molecule has 2 atom stereocenters. The minimum atomic E-state index is -3.15. The van der Waals surface area contributed by atoms with Crippen LogP contribution in [-0.4, -0.2) is 55.9 Å². The molecule has 0 radical (unpaired) electrons. The van der Waals surface area contributed by atoms with E-state index in [1.165, 1.54) is 4.88 Å². The highest BCUT2D eigenvalue weighted by atomic mass is 79.9. The Morgan fingerprint density at radius 1 is 1.12 bits per heavy atom. The van der Waals surface area contributed by atoms with Gasteiger partial charge in [0, 0.05) is 27.6 Å². The van der Waals surface area contributed by atoms with Gasteiger partial charge in [0.2, 0.25) is 5.91 Å². The van der Waals surface area contributed by atoms with Gasteiger partial charge in [-0.3, -0.25) is 9.69 Å². The van der Waals surface area contributed by atoms with Crippen molar-refractivity contribution in [1.82, 2.24) is 4.90 Å². The van der Waals surface area contributed by atoms with Gasteiger partial charge in [0.25, 0.3) is 0 Å². The topological polar surface area (TPSA) is 57.7 Å². The zero-order valence-corrected chi connectivity index (χ0v) is 17.3. The van der Waals surface area contributed by atoms with Crippen molar-refractivity contribution in [2.75, 3.05) is 29.5 Å². The number of halogens is 1. The van der Waals surface area contributed by atoms with Crippen LogP contribution in [-0.2, 0) is 21.1 Å². The Morgan fingerprint density at radius 3 is 2.54 bits per heavy atom. The van der Waals surface area contributed by atoms with Crippen LogP contribution in [0.25, 0.3) is 0 Å². The van der Waals surface area contributed by atoms with E-state index in [9.17, 15) is 13.2 Å². The van der Waals surface area contributed by atoms with Gasteiger partial charge in [-0.2, -0.15) is 0 Å². The van der Waals surface area contributed by atoms with Crippen LogP contribution in [0.5, 0.6) is 0 Å². The Labute approximate surface area is 165 Å². The van der Waals surface area contributed by atoms with E-state index in [4.69, 9.17) is 0 Å². The molecule has 1 aromatic heterocycles. The molecule has 1 amide bonds. The Kier molecular flexibility index (Phi) is 4.94. The van der Waals surface area contributed by atoms with Crippen LogP contribution >= 0.6 is 27.3 Å². The number of hydrogen-bond acceptors (Lipinski definition) is 5. The molecule has 0 spiro atoms. The molecule has 4 rings (SSSR count). The van der Waals surface area contributed by atoms with Crippen molar-refractivity contribution < 1.29 is 13.2 Å². The minimum Gasteiger partial charge on any atom is -0.306 e. The zero-order valence-electron chi connectivity index (χ0n) is 14.0. The van der Waals surface area contributed by atoms with Gasteiger partial charge in [-0.15, -0.1) is 11.3 Å². The molecule has 0 unspecified atom stereocenters. The van der Waals surface area contributed by atoms with E-state index in [1.807, 2.05) is 35.7 Å². The average molecular weight is 455 g/mol. The highest BCUT2D eigenvalue weighted by molar-refractivity contribution is 9.10. The van der Waals surface area contributed by atoms with Gasteiger partial charge < -0.3 is 4.90 Å². The van der Waals surface area contributed by atoms with Gasteiger partial charge in [-0.05, 0) is 42.1 Å². The van der Waals surface area contributed by atoms with Crippen LogP contribution in [0.2, 0.25) is 0 Å². The van der Waals surface area contributed by atoms with Crippen molar-refractivity contribution in [3.8, 4) is 0 Å². The Hall–Kier alpha value is -1.22. The first-order valence-electron chi connectivity index (χ1n) is 8.47. The van der Waals surface area contributed by atoms with Gasteiger partial charge in [-0.1, -0.05) is 22.0 Å². The predicted octanol–water partition coefficient (Wildman–Crippen LogP) is 2.57. The fourth-order valence-corrected chi connectivity index (χ4v) is 6.79. The Balaban J connectivity index is 1.60.